The highest BCUT2D eigenvalue weighted by Gasteiger charge is 2.30. The Bertz CT molecular complexity index is 301. The fraction of sp³-hybridized carbons (Fsp3) is 0.882. The van der Waals surface area contributed by atoms with Gasteiger partial charge < -0.3 is 9.64 Å². The number of rotatable bonds is 4. The molecule has 2 heteroatoms. The van der Waals surface area contributed by atoms with Crippen LogP contribution in [0.3, 0.4) is 0 Å². The predicted molar refractivity (Wildman–Crippen MR) is 79.9 cm³/mol. The second kappa shape index (κ2) is 7.31. The van der Waals surface area contributed by atoms with Crippen molar-refractivity contribution >= 4 is 0 Å². The van der Waals surface area contributed by atoms with Gasteiger partial charge in [-0.2, -0.15) is 0 Å². The molecule has 2 aliphatic rings. The van der Waals surface area contributed by atoms with E-state index in [0.717, 1.165) is 37.5 Å². The summed E-state index contributed by atoms with van der Waals surface area (Å²) in [6, 6.07) is 0. The molecular weight excluding hydrogens is 234 g/mol. The Labute approximate surface area is 118 Å². The van der Waals surface area contributed by atoms with Crippen molar-refractivity contribution in [2.24, 2.45) is 23.7 Å². The standard InChI is InChI=1S/C17H29NO/c1-4-16-13-18(10-6-17(16)14(2)3)9-5-15-7-11-19-12-8-15/h1,14-17H,5-13H2,2-3H3. The summed E-state index contributed by atoms with van der Waals surface area (Å²) < 4.78 is 5.43. The average Bonchev–Trinajstić information content (AvgIpc) is 2.45. The maximum absolute atomic E-state index is 5.74. The van der Waals surface area contributed by atoms with Gasteiger partial charge in [-0.1, -0.05) is 13.8 Å². The van der Waals surface area contributed by atoms with Crippen LogP contribution in [0.2, 0.25) is 0 Å². The molecule has 108 valence electrons. The first-order chi connectivity index (χ1) is 9.20. The molecule has 2 rings (SSSR count). The number of nitrogens with zero attached hydrogens (tertiary/aromatic N) is 1. The minimum atomic E-state index is 0.462. The molecule has 0 N–H and O–H groups in total. The van der Waals surface area contributed by atoms with Crippen molar-refractivity contribution in [2.75, 3.05) is 32.8 Å². The summed E-state index contributed by atoms with van der Waals surface area (Å²) in [6.45, 7) is 10.1. The van der Waals surface area contributed by atoms with Crippen LogP contribution in [0.15, 0.2) is 0 Å². The Kier molecular flexibility index (Phi) is 5.73. The van der Waals surface area contributed by atoms with E-state index in [1.54, 1.807) is 0 Å². The van der Waals surface area contributed by atoms with E-state index in [0.29, 0.717) is 5.92 Å². The molecule has 2 atom stereocenters. The average molecular weight is 263 g/mol. The zero-order valence-corrected chi connectivity index (χ0v) is 12.6. The third kappa shape index (κ3) is 4.23. The maximum atomic E-state index is 5.74. The number of hydrogen-bond donors (Lipinski definition) is 0. The van der Waals surface area contributed by atoms with Crippen molar-refractivity contribution in [1.82, 2.24) is 4.90 Å². The SMILES string of the molecule is C#CC1CN(CCC2CCOCC2)CCC1C(C)C. The molecule has 2 fully saturated rings. The fourth-order valence-corrected chi connectivity index (χ4v) is 3.62. The number of hydrogen-bond acceptors (Lipinski definition) is 2. The molecule has 2 saturated heterocycles. The van der Waals surface area contributed by atoms with Gasteiger partial charge in [0.25, 0.3) is 0 Å². The molecule has 2 nitrogen and oxygen atoms in total. The molecule has 0 saturated carbocycles. The Morgan fingerprint density at radius 1 is 1.26 bits per heavy atom. The van der Waals surface area contributed by atoms with Gasteiger partial charge in [-0.25, -0.2) is 0 Å². The Morgan fingerprint density at radius 3 is 2.63 bits per heavy atom. The summed E-state index contributed by atoms with van der Waals surface area (Å²) in [7, 11) is 0. The number of terminal acetylenes is 1. The van der Waals surface area contributed by atoms with Crippen molar-refractivity contribution < 1.29 is 4.74 Å². The van der Waals surface area contributed by atoms with Crippen LogP contribution in [0.1, 0.15) is 39.5 Å². The Hall–Kier alpha value is -0.520. The van der Waals surface area contributed by atoms with Gasteiger partial charge in [0.1, 0.15) is 0 Å². The molecule has 0 radical (unpaired) electrons. The van der Waals surface area contributed by atoms with Crippen LogP contribution in [0.4, 0.5) is 0 Å². The van der Waals surface area contributed by atoms with E-state index in [-0.39, 0.29) is 0 Å². The van der Waals surface area contributed by atoms with E-state index < -0.39 is 0 Å². The molecule has 0 aromatic heterocycles. The van der Waals surface area contributed by atoms with E-state index in [9.17, 15) is 0 Å². The largest absolute Gasteiger partial charge is 0.381 e. The van der Waals surface area contributed by atoms with E-state index in [1.165, 1.54) is 38.8 Å². The second-order valence-corrected chi connectivity index (χ2v) is 6.61. The van der Waals surface area contributed by atoms with Crippen molar-refractivity contribution in [3.63, 3.8) is 0 Å². The van der Waals surface area contributed by atoms with E-state index in [2.05, 4.69) is 24.7 Å². The van der Waals surface area contributed by atoms with Gasteiger partial charge >= 0.3 is 0 Å². The number of piperidine rings is 1. The lowest BCUT2D eigenvalue weighted by Gasteiger charge is -2.38. The van der Waals surface area contributed by atoms with Crippen molar-refractivity contribution in [2.45, 2.75) is 39.5 Å². The molecule has 0 amide bonds. The molecule has 2 aliphatic heterocycles. The van der Waals surface area contributed by atoms with Gasteiger partial charge in [-0.05, 0) is 56.5 Å². The summed E-state index contributed by atoms with van der Waals surface area (Å²) in [4.78, 5) is 2.60. The van der Waals surface area contributed by atoms with Gasteiger partial charge in [0.05, 0.1) is 0 Å². The summed E-state index contributed by atoms with van der Waals surface area (Å²) in [5.41, 5.74) is 0. The summed E-state index contributed by atoms with van der Waals surface area (Å²) in [5, 5.41) is 0. The summed E-state index contributed by atoms with van der Waals surface area (Å²) in [6.07, 6.45) is 10.8. The van der Waals surface area contributed by atoms with Crippen LogP contribution in [0.25, 0.3) is 0 Å². The van der Waals surface area contributed by atoms with Crippen molar-refractivity contribution in [3.8, 4) is 12.3 Å². The monoisotopic (exact) mass is 263 g/mol. The second-order valence-electron chi connectivity index (χ2n) is 6.61. The van der Waals surface area contributed by atoms with Gasteiger partial charge in [-0.15, -0.1) is 12.3 Å². The summed E-state index contributed by atoms with van der Waals surface area (Å²) in [5.74, 6) is 5.83. The van der Waals surface area contributed by atoms with Crippen LogP contribution >= 0.6 is 0 Å². The molecule has 0 spiro atoms. The van der Waals surface area contributed by atoms with Gasteiger partial charge in [0.2, 0.25) is 0 Å². The van der Waals surface area contributed by atoms with E-state index >= 15 is 0 Å². The zero-order valence-electron chi connectivity index (χ0n) is 12.6. The maximum Gasteiger partial charge on any atom is 0.0468 e. The van der Waals surface area contributed by atoms with Crippen molar-refractivity contribution in [1.29, 1.82) is 0 Å². The van der Waals surface area contributed by atoms with Crippen LogP contribution < -0.4 is 0 Å². The lowest BCUT2D eigenvalue weighted by atomic mass is 9.78. The third-order valence-electron chi connectivity index (χ3n) is 5.02. The molecule has 0 aliphatic carbocycles. The van der Waals surface area contributed by atoms with Crippen LogP contribution in [0, 0.1) is 36.0 Å². The number of ether oxygens (including phenoxy) is 1. The molecule has 0 aromatic carbocycles. The summed E-state index contributed by atoms with van der Waals surface area (Å²) >= 11 is 0. The molecule has 2 heterocycles. The fourth-order valence-electron chi connectivity index (χ4n) is 3.62. The Balaban J connectivity index is 1.75. The Morgan fingerprint density at radius 2 is 2.00 bits per heavy atom. The first kappa shape index (κ1) is 14.9. The molecule has 0 bridgehead atoms. The normalized spacial score (nSPS) is 30.4. The quantitative estimate of drug-likeness (QED) is 0.723. The van der Waals surface area contributed by atoms with Crippen LogP contribution in [-0.4, -0.2) is 37.7 Å². The van der Waals surface area contributed by atoms with Gasteiger partial charge in [0.15, 0.2) is 0 Å². The minimum absolute atomic E-state index is 0.462. The highest BCUT2D eigenvalue weighted by Crippen LogP contribution is 2.30. The van der Waals surface area contributed by atoms with Crippen molar-refractivity contribution in [3.05, 3.63) is 0 Å². The molecular formula is C17H29NO. The smallest absolute Gasteiger partial charge is 0.0468 e. The van der Waals surface area contributed by atoms with E-state index in [4.69, 9.17) is 11.2 Å². The highest BCUT2D eigenvalue weighted by molar-refractivity contribution is 5.01. The lowest BCUT2D eigenvalue weighted by molar-refractivity contribution is 0.0548. The zero-order chi connectivity index (χ0) is 13.7. The minimum Gasteiger partial charge on any atom is -0.381 e. The first-order valence-corrected chi connectivity index (χ1v) is 7.97. The van der Waals surface area contributed by atoms with E-state index in [1.807, 2.05) is 0 Å². The topological polar surface area (TPSA) is 12.5 Å². The predicted octanol–water partition coefficient (Wildman–Crippen LogP) is 3.03. The molecule has 19 heavy (non-hydrogen) atoms. The lowest BCUT2D eigenvalue weighted by Crippen LogP contribution is -2.42. The first-order valence-electron chi connectivity index (χ1n) is 7.97. The van der Waals surface area contributed by atoms with Crippen LogP contribution in [-0.2, 0) is 4.74 Å². The van der Waals surface area contributed by atoms with Gasteiger partial charge in [0, 0.05) is 25.7 Å². The van der Waals surface area contributed by atoms with Gasteiger partial charge in [-0.3, -0.25) is 0 Å². The molecule has 0 aromatic rings. The number of likely N-dealkylation sites (tertiary alicyclic amines) is 1. The molecule has 2 unspecified atom stereocenters. The third-order valence-corrected chi connectivity index (χ3v) is 5.02. The van der Waals surface area contributed by atoms with Crippen LogP contribution in [0.5, 0.6) is 0 Å². The highest BCUT2D eigenvalue weighted by atomic mass is 16.5.